The van der Waals surface area contributed by atoms with E-state index in [0.717, 1.165) is 5.56 Å². The van der Waals surface area contributed by atoms with Gasteiger partial charge in [-0.25, -0.2) is 15.0 Å². The number of carbonyl (C=O) groups excluding carboxylic acids is 1. The van der Waals surface area contributed by atoms with Gasteiger partial charge in [0, 0.05) is 29.1 Å². The lowest BCUT2D eigenvalue weighted by Gasteiger charge is -2.17. The summed E-state index contributed by atoms with van der Waals surface area (Å²) in [4.78, 5) is 24.8. The van der Waals surface area contributed by atoms with Gasteiger partial charge in [-0.15, -0.1) is 0 Å². The summed E-state index contributed by atoms with van der Waals surface area (Å²) >= 11 is 13.1. The Kier molecular flexibility index (Phi) is 7.68. The molecule has 182 valence electrons. The number of halogens is 2. The quantitative estimate of drug-likeness (QED) is 0.259. The van der Waals surface area contributed by atoms with Crippen LogP contribution in [0, 0.1) is 0 Å². The summed E-state index contributed by atoms with van der Waals surface area (Å²) in [5.74, 6) is 0.992. The van der Waals surface area contributed by atoms with E-state index < -0.39 is 0 Å². The number of nitrogens with one attached hydrogen (secondary N) is 2. The Morgan fingerprint density at radius 3 is 2.25 bits per heavy atom. The van der Waals surface area contributed by atoms with Crippen LogP contribution in [0.25, 0.3) is 22.5 Å². The zero-order valence-electron chi connectivity index (χ0n) is 19.4. The molecule has 0 aliphatic rings. The van der Waals surface area contributed by atoms with Gasteiger partial charge in [-0.3, -0.25) is 4.79 Å². The van der Waals surface area contributed by atoms with E-state index in [4.69, 9.17) is 32.7 Å². The van der Waals surface area contributed by atoms with Crippen molar-refractivity contribution in [2.75, 3.05) is 24.9 Å². The van der Waals surface area contributed by atoms with Crippen LogP contribution >= 0.6 is 23.2 Å². The SMILES string of the molecule is C=CC(=O)Nc1ccc(-c2cc(-c3cccnc3Nc3c(Cl)c(OC)cc(OC)c3Cl)ncn2)cc1. The monoisotopic (exact) mass is 521 g/mol. The highest BCUT2D eigenvalue weighted by molar-refractivity contribution is 6.41. The Hall–Kier alpha value is -4.14. The highest BCUT2D eigenvalue weighted by Crippen LogP contribution is 2.45. The minimum atomic E-state index is -0.280. The first-order valence-electron chi connectivity index (χ1n) is 10.6. The highest BCUT2D eigenvalue weighted by atomic mass is 35.5. The molecule has 10 heteroatoms. The van der Waals surface area contributed by atoms with Crippen LogP contribution in [0.1, 0.15) is 0 Å². The first-order valence-corrected chi connectivity index (χ1v) is 11.4. The summed E-state index contributed by atoms with van der Waals surface area (Å²) in [6.45, 7) is 3.45. The first-order chi connectivity index (χ1) is 17.4. The van der Waals surface area contributed by atoms with Crippen LogP contribution in [0.5, 0.6) is 11.5 Å². The number of hydrogen-bond acceptors (Lipinski definition) is 7. The van der Waals surface area contributed by atoms with E-state index in [1.165, 1.54) is 26.6 Å². The van der Waals surface area contributed by atoms with E-state index in [1.807, 2.05) is 24.3 Å². The number of methoxy groups -OCH3 is 2. The third kappa shape index (κ3) is 5.25. The van der Waals surface area contributed by atoms with Crippen LogP contribution in [-0.4, -0.2) is 35.1 Å². The van der Waals surface area contributed by atoms with Gasteiger partial charge in [0.2, 0.25) is 5.91 Å². The maximum atomic E-state index is 11.5. The fourth-order valence-corrected chi connectivity index (χ4v) is 4.00. The molecule has 4 rings (SSSR count). The third-order valence-electron chi connectivity index (χ3n) is 5.20. The van der Waals surface area contributed by atoms with Crippen LogP contribution in [0.3, 0.4) is 0 Å². The summed E-state index contributed by atoms with van der Waals surface area (Å²) < 4.78 is 10.7. The van der Waals surface area contributed by atoms with Crippen molar-refractivity contribution >= 4 is 46.3 Å². The van der Waals surface area contributed by atoms with E-state index in [1.54, 1.807) is 30.5 Å². The molecule has 2 heterocycles. The van der Waals surface area contributed by atoms with E-state index in [0.29, 0.717) is 45.6 Å². The van der Waals surface area contributed by atoms with Crippen molar-refractivity contribution in [3.63, 3.8) is 0 Å². The van der Waals surface area contributed by atoms with Crippen molar-refractivity contribution < 1.29 is 14.3 Å². The lowest BCUT2D eigenvalue weighted by molar-refractivity contribution is -0.111. The number of amides is 1. The van der Waals surface area contributed by atoms with Gasteiger partial charge in [-0.2, -0.15) is 0 Å². The second-order valence-corrected chi connectivity index (χ2v) is 8.12. The molecule has 0 fully saturated rings. The van der Waals surface area contributed by atoms with Crippen LogP contribution in [0.4, 0.5) is 17.2 Å². The Bertz CT molecular complexity index is 1400. The number of rotatable bonds is 8. The third-order valence-corrected chi connectivity index (χ3v) is 5.95. The number of aromatic nitrogens is 3. The Labute approximate surface area is 217 Å². The van der Waals surface area contributed by atoms with Gasteiger partial charge in [0.1, 0.15) is 33.7 Å². The molecule has 4 aromatic rings. The molecule has 0 aliphatic heterocycles. The van der Waals surface area contributed by atoms with Crippen molar-refractivity contribution in [3.05, 3.63) is 83.8 Å². The molecule has 0 aliphatic carbocycles. The predicted octanol–water partition coefficient (Wildman–Crippen LogP) is 6.40. The number of benzene rings is 2. The topological polar surface area (TPSA) is 98.3 Å². The van der Waals surface area contributed by atoms with Crippen LogP contribution in [0.15, 0.2) is 73.7 Å². The molecule has 1 amide bonds. The summed E-state index contributed by atoms with van der Waals surface area (Å²) in [5.41, 5.74) is 3.90. The van der Waals surface area contributed by atoms with E-state index >= 15 is 0 Å². The highest BCUT2D eigenvalue weighted by Gasteiger charge is 2.19. The molecule has 0 radical (unpaired) electrons. The number of nitrogens with zero attached hydrogens (tertiary/aromatic N) is 3. The maximum absolute atomic E-state index is 11.5. The van der Waals surface area contributed by atoms with Gasteiger partial charge >= 0.3 is 0 Å². The molecule has 0 bridgehead atoms. The fourth-order valence-electron chi connectivity index (χ4n) is 3.41. The molecule has 2 aromatic heterocycles. The summed E-state index contributed by atoms with van der Waals surface area (Å²) in [6, 6.07) is 14.4. The largest absolute Gasteiger partial charge is 0.495 e. The zero-order chi connectivity index (χ0) is 25.7. The molecule has 0 spiro atoms. The number of carbonyl (C=O) groups is 1. The van der Waals surface area contributed by atoms with Gasteiger partial charge in [0.05, 0.1) is 31.3 Å². The molecule has 8 nitrogen and oxygen atoms in total. The average Bonchev–Trinajstić information content (AvgIpc) is 2.92. The smallest absolute Gasteiger partial charge is 0.247 e. The predicted molar refractivity (Wildman–Crippen MR) is 142 cm³/mol. The molecule has 0 atom stereocenters. The van der Waals surface area contributed by atoms with Crippen molar-refractivity contribution in [3.8, 4) is 34.0 Å². The first kappa shape index (κ1) is 25.0. The lowest BCUT2D eigenvalue weighted by Crippen LogP contribution is -2.06. The van der Waals surface area contributed by atoms with Gasteiger partial charge in [-0.1, -0.05) is 41.9 Å². The number of hydrogen-bond donors (Lipinski definition) is 2. The molecule has 36 heavy (non-hydrogen) atoms. The van der Waals surface area contributed by atoms with Crippen LogP contribution in [0.2, 0.25) is 10.0 Å². The number of anilines is 3. The number of ether oxygens (including phenoxy) is 2. The van der Waals surface area contributed by atoms with Gasteiger partial charge in [-0.05, 0) is 36.4 Å². The van der Waals surface area contributed by atoms with E-state index in [2.05, 4.69) is 32.2 Å². The standard InChI is InChI=1S/C26H21Cl2N5O3/c1-4-22(34)32-16-9-7-15(8-10-16)18-12-19(31-14-30-18)17-6-5-11-29-26(17)33-25-23(27)20(35-2)13-21(36-3)24(25)28/h4-14H,1H2,2-3H3,(H,29,33)(H,32,34). The van der Waals surface area contributed by atoms with Crippen molar-refractivity contribution in [2.24, 2.45) is 0 Å². The Morgan fingerprint density at radius 2 is 1.61 bits per heavy atom. The lowest BCUT2D eigenvalue weighted by atomic mass is 10.1. The van der Waals surface area contributed by atoms with Gasteiger partial charge in [0.25, 0.3) is 0 Å². The Balaban J connectivity index is 1.70. The average molecular weight is 522 g/mol. The maximum Gasteiger partial charge on any atom is 0.247 e. The van der Waals surface area contributed by atoms with E-state index in [9.17, 15) is 4.79 Å². The normalized spacial score (nSPS) is 10.4. The van der Waals surface area contributed by atoms with Crippen molar-refractivity contribution in [1.29, 1.82) is 0 Å². The fraction of sp³-hybridized carbons (Fsp3) is 0.0769. The molecule has 0 saturated heterocycles. The second kappa shape index (κ2) is 11.1. The van der Waals surface area contributed by atoms with Crippen LogP contribution < -0.4 is 20.1 Å². The minimum Gasteiger partial charge on any atom is -0.495 e. The number of pyridine rings is 1. The van der Waals surface area contributed by atoms with Crippen molar-refractivity contribution in [2.45, 2.75) is 0 Å². The summed E-state index contributed by atoms with van der Waals surface area (Å²) in [7, 11) is 3.01. The zero-order valence-corrected chi connectivity index (χ0v) is 20.9. The molecule has 0 saturated carbocycles. The minimum absolute atomic E-state index is 0.280. The van der Waals surface area contributed by atoms with Gasteiger partial charge < -0.3 is 20.1 Å². The molecule has 0 unspecified atom stereocenters. The molecular formula is C26H21Cl2N5O3. The Morgan fingerprint density at radius 1 is 0.944 bits per heavy atom. The van der Waals surface area contributed by atoms with Crippen LogP contribution in [-0.2, 0) is 4.79 Å². The van der Waals surface area contributed by atoms with Gasteiger partial charge in [0.15, 0.2) is 0 Å². The van der Waals surface area contributed by atoms with E-state index in [-0.39, 0.29) is 16.0 Å². The molecular weight excluding hydrogens is 501 g/mol. The molecule has 2 aromatic carbocycles. The second-order valence-electron chi connectivity index (χ2n) is 7.37. The summed E-state index contributed by atoms with van der Waals surface area (Å²) in [6.07, 6.45) is 4.33. The molecule has 2 N–H and O–H groups in total. The van der Waals surface area contributed by atoms with Crippen molar-refractivity contribution in [1.82, 2.24) is 15.0 Å². The summed E-state index contributed by atoms with van der Waals surface area (Å²) in [5, 5.41) is 6.49.